The van der Waals surface area contributed by atoms with Gasteiger partial charge in [0.2, 0.25) is 0 Å². The van der Waals surface area contributed by atoms with Crippen molar-refractivity contribution in [1.29, 1.82) is 0 Å². The van der Waals surface area contributed by atoms with Crippen LogP contribution in [0.25, 0.3) is 0 Å². The Morgan fingerprint density at radius 3 is 2.40 bits per heavy atom. The molecule has 5 heteroatoms. The molecule has 0 heterocycles. The van der Waals surface area contributed by atoms with Crippen molar-refractivity contribution in [3.8, 4) is 5.75 Å². The first-order valence-electron chi connectivity index (χ1n) is 7.10. The summed E-state index contributed by atoms with van der Waals surface area (Å²) in [6.07, 6.45) is 4.39. The van der Waals surface area contributed by atoms with E-state index in [1.807, 2.05) is 12.1 Å². The molecule has 20 heavy (non-hydrogen) atoms. The molecule has 1 aliphatic carbocycles. The molecule has 2 N–H and O–H groups in total. The average molecular weight is 297 g/mol. The summed E-state index contributed by atoms with van der Waals surface area (Å²) in [6.45, 7) is 0. The van der Waals surface area contributed by atoms with Gasteiger partial charge in [0.25, 0.3) is 0 Å². The molecule has 112 valence electrons. The number of ether oxygens (including phenoxy) is 1. The van der Waals surface area contributed by atoms with E-state index in [0.717, 1.165) is 37.0 Å². The lowest BCUT2D eigenvalue weighted by Crippen LogP contribution is -2.25. The zero-order chi connectivity index (χ0) is 14.6. The van der Waals surface area contributed by atoms with E-state index in [0.29, 0.717) is 5.92 Å². The molecule has 0 saturated heterocycles. The van der Waals surface area contributed by atoms with Crippen LogP contribution < -0.4 is 10.5 Å². The zero-order valence-electron chi connectivity index (χ0n) is 11.9. The molecule has 1 unspecified atom stereocenters. The van der Waals surface area contributed by atoms with Crippen molar-refractivity contribution in [2.75, 3.05) is 18.6 Å². The second kappa shape index (κ2) is 6.59. The van der Waals surface area contributed by atoms with Crippen molar-refractivity contribution in [3.63, 3.8) is 0 Å². The third-order valence-corrected chi connectivity index (χ3v) is 5.79. The van der Waals surface area contributed by atoms with Gasteiger partial charge in [-0.15, -0.1) is 0 Å². The Hall–Kier alpha value is -1.07. The first-order valence-corrected chi connectivity index (χ1v) is 8.92. The Morgan fingerprint density at radius 2 is 1.85 bits per heavy atom. The zero-order valence-corrected chi connectivity index (χ0v) is 12.7. The van der Waals surface area contributed by atoms with E-state index in [9.17, 15) is 8.42 Å². The highest BCUT2D eigenvalue weighted by Gasteiger charge is 2.24. The summed E-state index contributed by atoms with van der Waals surface area (Å²) in [5.41, 5.74) is 6.86. The van der Waals surface area contributed by atoms with Gasteiger partial charge < -0.3 is 10.5 Å². The molecule has 2 rings (SSSR count). The van der Waals surface area contributed by atoms with E-state index in [4.69, 9.17) is 10.5 Å². The topological polar surface area (TPSA) is 69.4 Å². The van der Waals surface area contributed by atoms with E-state index < -0.39 is 15.9 Å². The van der Waals surface area contributed by atoms with E-state index in [2.05, 4.69) is 0 Å². The van der Waals surface area contributed by atoms with Gasteiger partial charge in [-0.2, -0.15) is 0 Å². The third-order valence-electron chi connectivity index (χ3n) is 3.94. The van der Waals surface area contributed by atoms with Crippen molar-refractivity contribution >= 4 is 9.84 Å². The van der Waals surface area contributed by atoms with Crippen LogP contribution in [0.15, 0.2) is 24.3 Å². The summed E-state index contributed by atoms with van der Waals surface area (Å²) in [5, 5.41) is 0. The van der Waals surface area contributed by atoms with Crippen LogP contribution in [0.2, 0.25) is 0 Å². The van der Waals surface area contributed by atoms with E-state index >= 15 is 0 Å². The molecular formula is C15H23NO3S. The SMILES string of the molecule is COc1ccc(C(N)CS(=O)(=O)CC2CCCC2)cc1. The first-order chi connectivity index (χ1) is 9.50. The van der Waals surface area contributed by atoms with E-state index in [1.165, 1.54) is 0 Å². The minimum Gasteiger partial charge on any atom is -0.497 e. The van der Waals surface area contributed by atoms with E-state index in [1.54, 1.807) is 19.2 Å². The summed E-state index contributed by atoms with van der Waals surface area (Å²) >= 11 is 0. The van der Waals surface area contributed by atoms with Gasteiger partial charge in [0.1, 0.15) is 5.75 Å². The van der Waals surface area contributed by atoms with Gasteiger partial charge in [0.05, 0.1) is 18.6 Å². The van der Waals surface area contributed by atoms with Gasteiger partial charge >= 0.3 is 0 Å². The number of hydrogen-bond acceptors (Lipinski definition) is 4. The lowest BCUT2D eigenvalue weighted by atomic mass is 10.1. The number of nitrogens with two attached hydrogens (primary N) is 1. The van der Waals surface area contributed by atoms with Crippen molar-refractivity contribution < 1.29 is 13.2 Å². The molecule has 4 nitrogen and oxygen atoms in total. The maximum Gasteiger partial charge on any atom is 0.152 e. The monoisotopic (exact) mass is 297 g/mol. The highest BCUT2D eigenvalue weighted by atomic mass is 32.2. The second-order valence-corrected chi connectivity index (χ2v) is 7.76. The van der Waals surface area contributed by atoms with Crippen molar-refractivity contribution in [1.82, 2.24) is 0 Å². The number of benzene rings is 1. The molecule has 0 aliphatic heterocycles. The van der Waals surface area contributed by atoms with Crippen LogP contribution in [0.1, 0.15) is 37.3 Å². The highest BCUT2D eigenvalue weighted by Crippen LogP contribution is 2.27. The Bertz CT molecular complexity index is 519. The molecule has 0 aromatic heterocycles. The average Bonchev–Trinajstić information content (AvgIpc) is 2.90. The third kappa shape index (κ3) is 4.21. The van der Waals surface area contributed by atoms with Crippen molar-refractivity contribution in [2.45, 2.75) is 31.7 Å². The first kappa shape index (κ1) is 15.3. The van der Waals surface area contributed by atoms with Crippen LogP contribution in [0.3, 0.4) is 0 Å². The molecule has 1 fully saturated rings. The normalized spacial score (nSPS) is 18.1. The number of sulfone groups is 1. The largest absolute Gasteiger partial charge is 0.497 e. The fraction of sp³-hybridized carbons (Fsp3) is 0.600. The Balaban J connectivity index is 1.96. The molecule has 1 aromatic rings. The molecular weight excluding hydrogens is 274 g/mol. The number of hydrogen-bond donors (Lipinski definition) is 1. The molecule has 0 radical (unpaired) electrons. The maximum atomic E-state index is 12.2. The Labute approximate surface area is 121 Å². The second-order valence-electron chi connectivity index (χ2n) is 5.61. The quantitative estimate of drug-likeness (QED) is 0.874. The lowest BCUT2D eigenvalue weighted by Gasteiger charge is -2.15. The summed E-state index contributed by atoms with van der Waals surface area (Å²) < 4.78 is 29.5. The Kier molecular flexibility index (Phi) is 5.05. The molecule has 1 aliphatic rings. The van der Waals surface area contributed by atoms with Crippen LogP contribution in [-0.4, -0.2) is 27.0 Å². The van der Waals surface area contributed by atoms with Gasteiger partial charge in [-0.3, -0.25) is 0 Å². The fourth-order valence-electron chi connectivity index (χ4n) is 2.83. The molecule has 0 amide bonds. The summed E-state index contributed by atoms with van der Waals surface area (Å²) in [5.74, 6) is 1.39. The highest BCUT2D eigenvalue weighted by molar-refractivity contribution is 7.91. The van der Waals surface area contributed by atoms with Crippen LogP contribution in [-0.2, 0) is 9.84 Å². The summed E-state index contributed by atoms with van der Waals surface area (Å²) in [6, 6.07) is 6.80. The van der Waals surface area contributed by atoms with E-state index in [-0.39, 0.29) is 11.5 Å². The molecule has 1 atom stereocenters. The van der Waals surface area contributed by atoms with Gasteiger partial charge in [-0.05, 0) is 36.5 Å². The molecule has 1 saturated carbocycles. The summed E-state index contributed by atoms with van der Waals surface area (Å²) in [7, 11) is -1.49. The van der Waals surface area contributed by atoms with Crippen LogP contribution in [0.5, 0.6) is 5.75 Å². The maximum absolute atomic E-state index is 12.2. The predicted molar refractivity (Wildman–Crippen MR) is 80.5 cm³/mol. The van der Waals surface area contributed by atoms with Gasteiger partial charge in [-0.1, -0.05) is 25.0 Å². The lowest BCUT2D eigenvalue weighted by molar-refractivity contribution is 0.414. The standard InChI is InChI=1S/C15H23NO3S/c1-19-14-8-6-13(7-9-14)15(16)11-20(17,18)10-12-4-2-3-5-12/h6-9,12,15H,2-5,10-11,16H2,1H3. The minimum absolute atomic E-state index is 0.0236. The minimum atomic E-state index is -3.08. The number of methoxy groups -OCH3 is 1. The van der Waals surface area contributed by atoms with Crippen LogP contribution in [0, 0.1) is 5.92 Å². The van der Waals surface area contributed by atoms with Crippen LogP contribution >= 0.6 is 0 Å². The van der Waals surface area contributed by atoms with Gasteiger partial charge in [-0.25, -0.2) is 8.42 Å². The Morgan fingerprint density at radius 1 is 1.25 bits per heavy atom. The molecule has 0 spiro atoms. The van der Waals surface area contributed by atoms with Crippen molar-refractivity contribution in [3.05, 3.63) is 29.8 Å². The predicted octanol–water partition coefficient (Wildman–Crippen LogP) is 2.30. The molecule has 1 aromatic carbocycles. The summed E-state index contributed by atoms with van der Waals surface area (Å²) in [4.78, 5) is 0. The van der Waals surface area contributed by atoms with Crippen molar-refractivity contribution in [2.24, 2.45) is 11.7 Å². The van der Waals surface area contributed by atoms with Crippen LogP contribution in [0.4, 0.5) is 0 Å². The number of rotatable bonds is 6. The molecule has 0 bridgehead atoms. The van der Waals surface area contributed by atoms with Gasteiger partial charge in [0, 0.05) is 6.04 Å². The smallest absolute Gasteiger partial charge is 0.152 e. The fourth-order valence-corrected chi connectivity index (χ4v) is 4.75. The van der Waals surface area contributed by atoms with Gasteiger partial charge in [0.15, 0.2) is 9.84 Å².